The lowest BCUT2D eigenvalue weighted by Crippen LogP contribution is -2.17. The zero-order chi connectivity index (χ0) is 12.3. The molecule has 1 aromatic heterocycles. The van der Waals surface area contributed by atoms with Crippen LogP contribution in [0, 0.1) is 5.92 Å². The predicted molar refractivity (Wildman–Crippen MR) is 66.1 cm³/mol. The summed E-state index contributed by atoms with van der Waals surface area (Å²) in [5.74, 6) is 0.252. The Kier molecular flexibility index (Phi) is 3.46. The molecule has 1 aromatic rings. The van der Waals surface area contributed by atoms with Crippen LogP contribution in [0.15, 0.2) is 12.1 Å². The quantitative estimate of drug-likeness (QED) is 0.726. The highest BCUT2D eigenvalue weighted by atomic mass is 16.4. The number of nitrogens with zero attached hydrogens (tertiary/aromatic N) is 1. The molecule has 0 spiro atoms. The second-order valence-electron chi connectivity index (χ2n) is 4.45. The fourth-order valence-corrected chi connectivity index (χ4v) is 1.91. The van der Waals surface area contributed by atoms with Gasteiger partial charge in [-0.25, -0.2) is 9.78 Å². The van der Waals surface area contributed by atoms with E-state index >= 15 is 0 Å². The Morgan fingerprint density at radius 2 is 2.29 bits per heavy atom. The van der Waals surface area contributed by atoms with Crippen molar-refractivity contribution in [1.29, 1.82) is 0 Å². The Bertz CT molecular complexity index is 416. The number of rotatable bonds is 5. The monoisotopic (exact) mass is 235 g/mol. The van der Waals surface area contributed by atoms with E-state index < -0.39 is 5.97 Å². The number of pyridine rings is 1. The molecule has 0 aromatic carbocycles. The molecule has 4 N–H and O–H groups in total. The number of nitrogens with one attached hydrogen (secondary N) is 1. The number of carboxylic acids is 1. The van der Waals surface area contributed by atoms with Crippen molar-refractivity contribution >= 4 is 17.5 Å². The van der Waals surface area contributed by atoms with Crippen LogP contribution < -0.4 is 11.1 Å². The lowest BCUT2D eigenvalue weighted by Gasteiger charge is -2.25. The first-order valence-corrected chi connectivity index (χ1v) is 5.90. The minimum Gasteiger partial charge on any atom is -0.477 e. The lowest BCUT2D eigenvalue weighted by molar-refractivity contribution is 0.0690. The molecule has 0 unspecified atom stereocenters. The van der Waals surface area contributed by atoms with Crippen LogP contribution >= 0.6 is 0 Å². The highest BCUT2D eigenvalue weighted by molar-refractivity contribution is 5.86. The van der Waals surface area contributed by atoms with Gasteiger partial charge in [0.1, 0.15) is 5.82 Å². The molecule has 2 rings (SSSR count). The zero-order valence-corrected chi connectivity index (χ0v) is 9.65. The molecule has 1 saturated carbocycles. The zero-order valence-electron chi connectivity index (χ0n) is 9.65. The highest BCUT2D eigenvalue weighted by Crippen LogP contribution is 2.29. The normalized spacial score (nSPS) is 15.3. The van der Waals surface area contributed by atoms with Crippen molar-refractivity contribution in [2.45, 2.75) is 25.7 Å². The first kappa shape index (κ1) is 11.7. The van der Waals surface area contributed by atoms with Gasteiger partial charge < -0.3 is 16.2 Å². The number of carbonyl (C=O) groups is 1. The van der Waals surface area contributed by atoms with Gasteiger partial charge in [0, 0.05) is 6.54 Å². The van der Waals surface area contributed by atoms with Crippen molar-refractivity contribution < 1.29 is 9.90 Å². The van der Waals surface area contributed by atoms with Gasteiger partial charge in [-0.1, -0.05) is 19.3 Å². The second-order valence-corrected chi connectivity index (χ2v) is 4.45. The van der Waals surface area contributed by atoms with Crippen molar-refractivity contribution in [3.8, 4) is 0 Å². The second kappa shape index (κ2) is 5.03. The van der Waals surface area contributed by atoms with Gasteiger partial charge in [-0.3, -0.25) is 0 Å². The van der Waals surface area contributed by atoms with Crippen molar-refractivity contribution in [2.75, 3.05) is 17.6 Å². The summed E-state index contributed by atoms with van der Waals surface area (Å²) in [6, 6.07) is 2.98. The van der Waals surface area contributed by atoms with Crippen LogP contribution in [0.25, 0.3) is 0 Å². The molecule has 1 fully saturated rings. The third-order valence-electron chi connectivity index (χ3n) is 3.22. The van der Waals surface area contributed by atoms with Crippen molar-refractivity contribution in [3.05, 3.63) is 17.8 Å². The van der Waals surface area contributed by atoms with Gasteiger partial charge in [-0.05, 0) is 24.5 Å². The molecule has 0 amide bonds. The van der Waals surface area contributed by atoms with E-state index in [1.54, 1.807) is 6.07 Å². The van der Waals surface area contributed by atoms with Crippen LogP contribution in [0.5, 0.6) is 0 Å². The van der Waals surface area contributed by atoms with Gasteiger partial charge in [-0.15, -0.1) is 0 Å². The van der Waals surface area contributed by atoms with Gasteiger partial charge in [-0.2, -0.15) is 0 Å². The summed E-state index contributed by atoms with van der Waals surface area (Å²) in [4.78, 5) is 14.7. The molecule has 0 aliphatic heterocycles. The lowest BCUT2D eigenvalue weighted by atomic mass is 9.83. The fraction of sp³-hybridized carbons (Fsp3) is 0.500. The summed E-state index contributed by atoms with van der Waals surface area (Å²) in [6.07, 6.45) is 5.04. The maximum Gasteiger partial charge on any atom is 0.354 e. The number of nitrogens with two attached hydrogens (primary N) is 1. The molecule has 0 bridgehead atoms. The van der Waals surface area contributed by atoms with Crippen molar-refractivity contribution in [2.24, 2.45) is 5.92 Å². The van der Waals surface area contributed by atoms with E-state index in [1.807, 2.05) is 0 Å². The van der Waals surface area contributed by atoms with Gasteiger partial charge in [0.15, 0.2) is 5.69 Å². The Balaban J connectivity index is 1.93. The molecule has 5 heteroatoms. The minimum atomic E-state index is -1.04. The molecular formula is C12H17N3O2. The molecule has 1 aliphatic rings. The average molecular weight is 235 g/mol. The van der Waals surface area contributed by atoms with E-state index in [2.05, 4.69) is 10.3 Å². The molecule has 1 aliphatic carbocycles. The van der Waals surface area contributed by atoms with Crippen LogP contribution in [0.2, 0.25) is 0 Å². The van der Waals surface area contributed by atoms with E-state index in [-0.39, 0.29) is 5.69 Å². The van der Waals surface area contributed by atoms with E-state index in [0.717, 1.165) is 18.9 Å². The number of nitrogen functional groups attached to an aromatic ring is 1. The van der Waals surface area contributed by atoms with Crippen LogP contribution in [-0.4, -0.2) is 22.6 Å². The molecular weight excluding hydrogens is 218 g/mol. The van der Waals surface area contributed by atoms with E-state index in [9.17, 15) is 4.79 Å². The van der Waals surface area contributed by atoms with E-state index in [0.29, 0.717) is 11.5 Å². The first-order chi connectivity index (χ1) is 8.16. The molecule has 92 valence electrons. The molecule has 0 atom stereocenters. The van der Waals surface area contributed by atoms with Crippen molar-refractivity contribution in [3.63, 3.8) is 0 Å². The summed E-state index contributed by atoms with van der Waals surface area (Å²) in [7, 11) is 0. The van der Waals surface area contributed by atoms with Crippen LogP contribution in [0.1, 0.15) is 36.2 Å². The Morgan fingerprint density at radius 3 is 2.88 bits per heavy atom. The number of hydrogen-bond acceptors (Lipinski definition) is 4. The third-order valence-corrected chi connectivity index (χ3v) is 3.22. The molecule has 0 saturated heterocycles. The summed E-state index contributed by atoms with van der Waals surface area (Å²) in [5.41, 5.74) is 6.24. The maximum absolute atomic E-state index is 10.8. The Hall–Kier alpha value is -1.78. The van der Waals surface area contributed by atoms with E-state index in [4.69, 9.17) is 10.8 Å². The van der Waals surface area contributed by atoms with Gasteiger partial charge >= 0.3 is 5.97 Å². The number of anilines is 2. The largest absolute Gasteiger partial charge is 0.477 e. The Morgan fingerprint density at radius 1 is 1.53 bits per heavy atom. The van der Waals surface area contributed by atoms with Crippen LogP contribution in [0.4, 0.5) is 11.5 Å². The van der Waals surface area contributed by atoms with Gasteiger partial charge in [0.2, 0.25) is 0 Å². The van der Waals surface area contributed by atoms with Crippen LogP contribution in [0.3, 0.4) is 0 Å². The summed E-state index contributed by atoms with van der Waals surface area (Å²) >= 11 is 0. The number of aromatic nitrogens is 1. The van der Waals surface area contributed by atoms with E-state index in [1.165, 1.54) is 25.3 Å². The fourth-order valence-electron chi connectivity index (χ4n) is 1.91. The smallest absolute Gasteiger partial charge is 0.354 e. The van der Waals surface area contributed by atoms with Crippen LogP contribution in [-0.2, 0) is 0 Å². The number of hydrogen-bond donors (Lipinski definition) is 3. The SMILES string of the molecule is Nc1ccc(C(=O)O)nc1NCCC1CCC1. The summed E-state index contributed by atoms with van der Waals surface area (Å²) < 4.78 is 0. The number of carboxylic acid groups (broad SMARTS) is 1. The first-order valence-electron chi connectivity index (χ1n) is 5.90. The topological polar surface area (TPSA) is 88.2 Å². The summed E-state index contributed by atoms with van der Waals surface area (Å²) in [5, 5.41) is 11.9. The minimum absolute atomic E-state index is 0.0188. The third kappa shape index (κ3) is 2.87. The predicted octanol–water partition coefficient (Wildman–Crippen LogP) is 1.96. The van der Waals surface area contributed by atoms with Gasteiger partial charge in [0.05, 0.1) is 5.69 Å². The Labute approximate surface area is 100 Å². The maximum atomic E-state index is 10.8. The number of aromatic carboxylic acids is 1. The average Bonchev–Trinajstić information content (AvgIpc) is 2.23. The summed E-state index contributed by atoms with van der Waals surface area (Å²) in [6.45, 7) is 0.797. The van der Waals surface area contributed by atoms with Gasteiger partial charge in [0.25, 0.3) is 0 Å². The molecule has 1 heterocycles. The molecule has 5 nitrogen and oxygen atoms in total. The molecule has 17 heavy (non-hydrogen) atoms. The standard InChI is InChI=1S/C12H17N3O2/c13-9-4-5-10(12(16)17)15-11(9)14-7-6-8-2-1-3-8/h4-5,8H,1-3,6-7,13H2,(H,14,15)(H,16,17). The van der Waals surface area contributed by atoms with Crippen molar-refractivity contribution in [1.82, 2.24) is 4.98 Å². The molecule has 0 radical (unpaired) electrons. The highest BCUT2D eigenvalue weighted by Gasteiger charge is 2.16.